The SMILES string of the molecule is CCNc1nc(SC)nc(C)c1C=C(CC)C(=O)O. The standard InChI is InChI=1S/C13H19N3O2S/c1-5-9(12(17)18)7-10-8(3)15-13(19-4)16-11(10)14-6-2/h7H,5-6H2,1-4H3,(H,17,18)(H,14,15,16). The summed E-state index contributed by atoms with van der Waals surface area (Å²) in [4.78, 5) is 19.9. The zero-order valence-corrected chi connectivity index (χ0v) is 12.5. The van der Waals surface area contributed by atoms with Crippen LogP contribution in [0.15, 0.2) is 10.7 Å². The van der Waals surface area contributed by atoms with Gasteiger partial charge in [0.15, 0.2) is 5.16 Å². The van der Waals surface area contributed by atoms with Crippen LogP contribution in [0, 0.1) is 6.92 Å². The van der Waals surface area contributed by atoms with Gasteiger partial charge in [0.1, 0.15) is 5.82 Å². The largest absolute Gasteiger partial charge is 0.478 e. The summed E-state index contributed by atoms with van der Waals surface area (Å²) >= 11 is 1.46. The van der Waals surface area contributed by atoms with Crippen LogP contribution in [0.1, 0.15) is 31.5 Å². The Morgan fingerprint density at radius 2 is 2.11 bits per heavy atom. The maximum atomic E-state index is 11.1. The molecule has 6 heteroatoms. The molecular formula is C13H19N3O2S. The molecule has 5 nitrogen and oxygen atoms in total. The lowest BCUT2D eigenvalue weighted by Gasteiger charge is -2.11. The number of aliphatic carboxylic acids is 1. The van der Waals surface area contributed by atoms with E-state index in [-0.39, 0.29) is 0 Å². The van der Waals surface area contributed by atoms with E-state index in [1.807, 2.05) is 27.0 Å². The quantitative estimate of drug-likeness (QED) is 0.474. The van der Waals surface area contributed by atoms with E-state index in [0.29, 0.717) is 23.0 Å². The van der Waals surface area contributed by atoms with Crippen LogP contribution in [0.2, 0.25) is 0 Å². The zero-order valence-electron chi connectivity index (χ0n) is 11.6. The van der Waals surface area contributed by atoms with Crippen molar-refractivity contribution in [1.29, 1.82) is 0 Å². The van der Waals surface area contributed by atoms with Crippen molar-refractivity contribution in [1.82, 2.24) is 9.97 Å². The Labute approximate surface area is 117 Å². The molecule has 0 radical (unpaired) electrons. The number of carboxylic acid groups (broad SMARTS) is 1. The van der Waals surface area contributed by atoms with E-state index in [4.69, 9.17) is 5.11 Å². The van der Waals surface area contributed by atoms with E-state index in [1.54, 1.807) is 6.08 Å². The summed E-state index contributed by atoms with van der Waals surface area (Å²) in [6, 6.07) is 0. The fourth-order valence-electron chi connectivity index (χ4n) is 1.61. The first-order valence-corrected chi connectivity index (χ1v) is 7.36. The summed E-state index contributed by atoms with van der Waals surface area (Å²) in [6.45, 7) is 6.38. The molecular weight excluding hydrogens is 262 g/mol. The highest BCUT2D eigenvalue weighted by Gasteiger charge is 2.12. The minimum Gasteiger partial charge on any atom is -0.478 e. The van der Waals surface area contributed by atoms with Crippen LogP contribution in [0.4, 0.5) is 5.82 Å². The van der Waals surface area contributed by atoms with E-state index in [1.165, 1.54) is 11.8 Å². The van der Waals surface area contributed by atoms with Crippen LogP contribution in [0.25, 0.3) is 6.08 Å². The number of hydrogen-bond acceptors (Lipinski definition) is 5. The van der Waals surface area contributed by atoms with Gasteiger partial charge in [-0.15, -0.1) is 0 Å². The summed E-state index contributed by atoms with van der Waals surface area (Å²) in [5.74, 6) is -0.218. The Hall–Kier alpha value is -1.56. The lowest BCUT2D eigenvalue weighted by molar-refractivity contribution is -0.132. The fraction of sp³-hybridized carbons (Fsp3) is 0.462. The van der Waals surface area contributed by atoms with E-state index >= 15 is 0 Å². The number of aromatic nitrogens is 2. The molecule has 0 saturated heterocycles. The van der Waals surface area contributed by atoms with Gasteiger partial charge in [0, 0.05) is 17.7 Å². The summed E-state index contributed by atoms with van der Waals surface area (Å²) in [7, 11) is 0. The van der Waals surface area contributed by atoms with Gasteiger partial charge in [-0.25, -0.2) is 14.8 Å². The molecule has 0 aromatic carbocycles. The summed E-state index contributed by atoms with van der Waals surface area (Å²) in [5, 5.41) is 13.0. The third-order valence-electron chi connectivity index (χ3n) is 2.62. The molecule has 1 rings (SSSR count). The van der Waals surface area contributed by atoms with Gasteiger partial charge < -0.3 is 10.4 Å². The molecule has 0 aliphatic carbocycles. The number of aryl methyl sites for hydroxylation is 1. The molecule has 1 heterocycles. The van der Waals surface area contributed by atoms with Crippen molar-refractivity contribution >= 4 is 29.6 Å². The third kappa shape index (κ3) is 3.96. The third-order valence-corrected chi connectivity index (χ3v) is 3.16. The van der Waals surface area contributed by atoms with E-state index < -0.39 is 5.97 Å². The van der Waals surface area contributed by atoms with Gasteiger partial charge in [0.2, 0.25) is 0 Å². The number of hydrogen-bond donors (Lipinski definition) is 2. The van der Waals surface area contributed by atoms with Crippen LogP contribution in [-0.4, -0.2) is 33.8 Å². The van der Waals surface area contributed by atoms with Gasteiger partial charge in [-0.2, -0.15) is 0 Å². The second kappa shape index (κ2) is 7.13. The van der Waals surface area contributed by atoms with Crippen LogP contribution < -0.4 is 5.32 Å². The highest BCUT2D eigenvalue weighted by molar-refractivity contribution is 7.98. The first kappa shape index (κ1) is 15.5. The Morgan fingerprint density at radius 1 is 1.42 bits per heavy atom. The van der Waals surface area contributed by atoms with Gasteiger partial charge in [-0.05, 0) is 32.6 Å². The molecule has 0 saturated carbocycles. The number of anilines is 1. The molecule has 1 aromatic heterocycles. The monoisotopic (exact) mass is 281 g/mol. The number of nitrogens with one attached hydrogen (secondary N) is 1. The number of carbonyl (C=O) groups is 1. The molecule has 0 aliphatic heterocycles. The van der Waals surface area contributed by atoms with Crippen LogP contribution in [0.3, 0.4) is 0 Å². The second-order valence-electron chi connectivity index (χ2n) is 3.92. The molecule has 0 atom stereocenters. The van der Waals surface area contributed by atoms with Crippen LogP contribution in [0.5, 0.6) is 0 Å². The average Bonchev–Trinajstić information content (AvgIpc) is 2.37. The maximum Gasteiger partial charge on any atom is 0.331 e. The Morgan fingerprint density at radius 3 is 2.58 bits per heavy atom. The number of thioether (sulfide) groups is 1. The van der Waals surface area contributed by atoms with Crippen LogP contribution >= 0.6 is 11.8 Å². The van der Waals surface area contributed by atoms with Crippen molar-refractivity contribution in [2.75, 3.05) is 18.1 Å². The highest BCUT2D eigenvalue weighted by Crippen LogP contribution is 2.23. The minimum absolute atomic E-state index is 0.350. The molecule has 0 bridgehead atoms. The number of carboxylic acids is 1. The number of nitrogens with zero attached hydrogens (tertiary/aromatic N) is 2. The van der Waals surface area contributed by atoms with E-state index in [2.05, 4.69) is 15.3 Å². The maximum absolute atomic E-state index is 11.1. The summed E-state index contributed by atoms with van der Waals surface area (Å²) < 4.78 is 0. The van der Waals surface area contributed by atoms with Crippen molar-refractivity contribution in [3.05, 3.63) is 16.8 Å². The molecule has 0 unspecified atom stereocenters. The smallest absolute Gasteiger partial charge is 0.331 e. The molecule has 0 fully saturated rings. The van der Waals surface area contributed by atoms with Gasteiger partial charge >= 0.3 is 5.97 Å². The summed E-state index contributed by atoms with van der Waals surface area (Å²) in [5.41, 5.74) is 1.88. The zero-order chi connectivity index (χ0) is 14.4. The van der Waals surface area contributed by atoms with E-state index in [0.717, 1.165) is 17.8 Å². The molecule has 0 amide bonds. The minimum atomic E-state index is -0.904. The highest BCUT2D eigenvalue weighted by atomic mass is 32.2. The van der Waals surface area contributed by atoms with Gasteiger partial charge in [-0.1, -0.05) is 18.7 Å². The van der Waals surface area contributed by atoms with Crippen molar-refractivity contribution in [2.45, 2.75) is 32.3 Å². The predicted molar refractivity (Wildman–Crippen MR) is 78.6 cm³/mol. The molecule has 104 valence electrons. The first-order chi connectivity index (χ1) is 9.03. The molecule has 0 spiro atoms. The lowest BCUT2D eigenvalue weighted by Crippen LogP contribution is -2.07. The van der Waals surface area contributed by atoms with Crippen molar-refractivity contribution in [3.8, 4) is 0 Å². The molecule has 0 aliphatic rings. The first-order valence-electron chi connectivity index (χ1n) is 6.13. The lowest BCUT2D eigenvalue weighted by atomic mass is 10.1. The van der Waals surface area contributed by atoms with Crippen molar-refractivity contribution < 1.29 is 9.90 Å². The van der Waals surface area contributed by atoms with Gasteiger partial charge in [-0.3, -0.25) is 0 Å². The molecule has 19 heavy (non-hydrogen) atoms. The van der Waals surface area contributed by atoms with Crippen molar-refractivity contribution in [2.24, 2.45) is 0 Å². The Kier molecular flexibility index (Phi) is 5.82. The van der Waals surface area contributed by atoms with Gasteiger partial charge in [0.25, 0.3) is 0 Å². The molecule has 1 aromatic rings. The van der Waals surface area contributed by atoms with Crippen molar-refractivity contribution in [3.63, 3.8) is 0 Å². The van der Waals surface area contributed by atoms with E-state index in [9.17, 15) is 4.79 Å². The van der Waals surface area contributed by atoms with Crippen LogP contribution in [-0.2, 0) is 4.79 Å². The second-order valence-corrected chi connectivity index (χ2v) is 4.69. The van der Waals surface area contributed by atoms with Gasteiger partial charge in [0.05, 0.1) is 5.69 Å². The Balaban J connectivity index is 3.35. The fourth-order valence-corrected chi connectivity index (χ4v) is 2.02. The predicted octanol–water partition coefficient (Wildman–Crippen LogP) is 2.82. The normalized spacial score (nSPS) is 11.5. The number of rotatable bonds is 6. The average molecular weight is 281 g/mol. The Bertz CT molecular complexity index is 501. The topological polar surface area (TPSA) is 75.1 Å². The summed E-state index contributed by atoms with van der Waals surface area (Å²) in [6.07, 6.45) is 4.03. The molecule has 2 N–H and O–H groups in total.